The number of carbonyl (C=O) groups excluding carboxylic acids is 1. The molecule has 1 aliphatic heterocycles. The molecule has 0 spiro atoms. The number of nitrogens with zero attached hydrogens (tertiary/aromatic N) is 3. The molecule has 45 heavy (non-hydrogen) atoms. The van der Waals surface area contributed by atoms with Gasteiger partial charge in [-0.15, -0.1) is 0 Å². The molecule has 0 bridgehead atoms. The smallest absolute Gasteiger partial charge is 0.283 e. The molecule has 234 valence electrons. The second-order valence-corrected chi connectivity index (χ2v) is 11.6. The quantitative estimate of drug-likeness (QED) is 0.119. The van der Waals surface area contributed by atoms with Crippen molar-refractivity contribution in [3.63, 3.8) is 0 Å². The number of rotatable bonds is 13. The molecule has 11 heteroatoms. The Bertz CT molecular complexity index is 1660. The highest BCUT2D eigenvalue weighted by Gasteiger charge is 2.34. The molecular weight excluding hydrogens is 597 g/mol. The van der Waals surface area contributed by atoms with E-state index in [9.17, 15) is 9.18 Å². The van der Waals surface area contributed by atoms with Crippen LogP contribution >= 0.6 is 11.6 Å². The van der Waals surface area contributed by atoms with Crippen LogP contribution in [0.4, 0.5) is 21.6 Å². The minimum atomic E-state index is -1.11. The van der Waals surface area contributed by atoms with E-state index in [1.807, 2.05) is 30.3 Å². The fourth-order valence-electron chi connectivity index (χ4n) is 5.31. The first kappa shape index (κ1) is 30.8. The summed E-state index contributed by atoms with van der Waals surface area (Å²) in [5, 5.41) is 6.90. The molecule has 2 N–H and O–H groups in total. The van der Waals surface area contributed by atoms with Crippen molar-refractivity contribution >= 4 is 45.6 Å². The van der Waals surface area contributed by atoms with Gasteiger partial charge in [0.1, 0.15) is 29.7 Å². The number of amides is 1. The van der Waals surface area contributed by atoms with Gasteiger partial charge in [-0.3, -0.25) is 9.69 Å². The number of carbonyl (C=O) groups is 1. The Balaban J connectivity index is 1.20. The van der Waals surface area contributed by atoms with E-state index in [1.165, 1.54) is 6.33 Å². The van der Waals surface area contributed by atoms with E-state index < -0.39 is 11.7 Å². The van der Waals surface area contributed by atoms with Gasteiger partial charge in [0.25, 0.3) is 5.91 Å². The van der Waals surface area contributed by atoms with Crippen LogP contribution in [0.5, 0.6) is 11.5 Å². The number of morpholine rings is 1. The largest absolute Gasteiger partial charge is 0.491 e. The molecule has 0 radical (unpaired) electrons. The molecule has 2 aliphatic rings. The Labute approximate surface area is 266 Å². The van der Waals surface area contributed by atoms with Gasteiger partial charge >= 0.3 is 0 Å². The summed E-state index contributed by atoms with van der Waals surface area (Å²) < 4.78 is 31.5. The lowest BCUT2D eigenvalue weighted by molar-refractivity contribution is -0.114. The second-order valence-electron chi connectivity index (χ2n) is 11.2. The fourth-order valence-corrected chi connectivity index (χ4v) is 5.54. The van der Waals surface area contributed by atoms with Crippen LogP contribution in [-0.4, -0.2) is 60.2 Å². The average molecular weight is 632 g/mol. The van der Waals surface area contributed by atoms with Crippen LogP contribution in [0.15, 0.2) is 79.4 Å². The Kier molecular flexibility index (Phi) is 9.73. The van der Waals surface area contributed by atoms with E-state index >= 15 is 0 Å². The molecule has 1 unspecified atom stereocenters. The van der Waals surface area contributed by atoms with Crippen molar-refractivity contribution < 1.29 is 23.4 Å². The third-order valence-corrected chi connectivity index (χ3v) is 8.13. The molecule has 1 saturated heterocycles. The molecule has 2 fully saturated rings. The van der Waals surface area contributed by atoms with Crippen LogP contribution < -0.4 is 20.1 Å². The first-order valence-corrected chi connectivity index (χ1v) is 15.5. The van der Waals surface area contributed by atoms with Gasteiger partial charge in [0, 0.05) is 42.7 Å². The summed E-state index contributed by atoms with van der Waals surface area (Å²) in [6, 6.07) is 19.0. The van der Waals surface area contributed by atoms with E-state index in [-0.39, 0.29) is 11.8 Å². The molecule has 4 aromatic rings. The lowest BCUT2D eigenvalue weighted by Crippen LogP contribution is -2.37. The second kappa shape index (κ2) is 14.2. The molecule has 1 aromatic heterocycles. The lowest BCUT2D eigenvalue weighted by Gasteiger charge is -2.26. The summed E-state index contributed by atoms with van der Waals surface area (Å²) in [4.78, 5) is 23.4. The predicted octanol–water partition coefficient (Wildman–Crippen LogP) is 7.08. The molecule has 6 rings (SSSR count). The van der Waals surface area contributed by atoms with E-state index in [0.29, 0.717) is 51.5 Å². The van der Waals surface area contributed by atoms with Crippen molar-refractivity contribution in [2.45, 2.75) is 25.4 Å². The summed E-state index contributed by atoms with van der Waals surface area (Å²) >= 11 is 6.70. The Morgan fingerprint density at radius 3 is 2.62 bits per heavy atom. The van der Waals surface area contributed by atoms with Crippen molar-refractivity contribution in [3.8, 4) is 11.5 Å². The van der Waals surface area contributed by atoms with Crippen LogP contribution in [-0.2, 0) is 9.53 Å². The minimum Gasteiger partial charge on any atom is -0.491 e. The lowest BCUT2D eigenvalue weighted by atomic mass is 10.1. The number of halogens is 2. The van der Waals surface area contributed by atoms with E-state index in [0.717, 1.165) is 57.7 Å². The van der Waals surface area contributed by atoms with Crippen molar-refractivity contribution in [2.24, 2.45) is 5.92 Å². The Morgan fingerprint density at radius 2 is 1.89 bits per heavy atom. The van der Waals surface area contributed by atoms with Crippen LogP contribution in [0.1, 0.15) is 30.9 Å². The molecule has 1 amide bonds. The van der Waals surface area contributed by atoms with Crippen molar-refractivity contribution in [2.75, 3.05) is 50.1 Å². The highest BCUT2D eigenvalue weighted by Crippen LogP contribution is 2.45. The normalized spacial score (nSPS) is 15.8. The van der Waals surface area contributed by atoms with E-state index in [4.69, 9.17) is 25.8 Å². The number of fused-ring (bicyclic) bond motifs is 1. The molecule has 1 aliphatic carbocycles. The summed E-state index contributed by atoms with van der Waals surface area (Å²) in [5.74, 6) is -0.153. The third kappa shape index (κ3) is 7.89. The zero-order valence-corrected chi connectivity index (χ0v) is 25.6. The standard InChI is InChI=1S/C34H35ClFN5O4/c1-22(36)34(42)40-29-19-26-28(20-31(29)44-15-5-12-41-13-16-43-17-14-41)37-21-38-33(26)39-25-10-11-30(27(35)18-25)45-32(24-8-9-24)23-6-3-2-4-7-23/h2-4,6-7,10-11,18-21,24,32H,1,5,8-9,12-17H2,(H,40,42)(H,37,38,39). The number of hydrogen-bond acceptors (Lipinski definition) is 8. The average Bonchev–Trinajstić information content (AvgIpc) is 3.89. The summed E-state index contributed by atoms with van der Waals surface area (Å²) in [5.41, 5.74) is 2.67. The van der Waals surface area contributed by atoms with Gasteiger partial charge in [0.2, 0.25) is 0 Å². The maximum atomic E-state index is 13.7. The van der Waals surface area contributed by atoms with Crippen LogP contribution in [0.25, 0.3) is 10.9 Å². The number of nitrogens with one attached hydrogen (secondary N) is 2. The summed E-state index contributed by atoms with van der Waals surface area (Å²) in [7, 11) is 0. The Hall–Kier alpha value is -4.25. The van der Waals surface area contributed by atoms with Crippen LogP contribution in [0, 0.1) is 5.92 Å². The van der Waals surface area contributed by atoms with Crippen LogP contribution in [0.2, 0.25) is 5.02 Å². The first-order chi connectivity index (χ1) is 21.9. The highest BCUT2D eigenvalue weighted by atomic mass is 35.5. The summed E-state index contributed by atoms with van der Waals surface area (Å²) in [6.07, 6.45) is 4.40. The molecule has 2 heterocycles. The van der Waals surface area contributed by atoms with Gasteiger partial charge in [-0.2, -0.15) is 0 Å². The predicted molar refractivity (Wildman–Crippen MR) is 173 cm³/mol. The Morgan fingerprint density at radius 1 is 1.09 bits per heavy atom. The highest BCUT2D eigenvalue weighted by molar-refractivity contribution is 6.32. The van der Waals surface area contributed by atoms with E-state index in [1.54, 1.807) is 18.2 Å². The van der Waals surface area contributed by atoms with Gasteiger partial charge < -0.3 is 24.8 Å². The topological polar surface area (TPSA) is 97.8 Å². The fraction of sp³-hybridized carbons (Fsp3) is 0.324. The third-order valence-electron chi connectivity index (χ3n) is 7.84. The van der Waals surface area contributed by atoms with Gasteiger partial charge in [0.05, 0.1) is 36.0 Å². The van der Waals surface area contributed by atoms with Crippen molar-refractivity contribution in [3.05, 3.63) is 90.0 Å². The number of ether oxygens (including phenoxy) is 3. The van der Waals surface area contributed by atoms with E-state index in [2.05, 4.69) is 44.2 Å². The molecule has 3 aromatic carbocycles. The molecular formula is C34H35ClFN5O4. The van der Waals surface area contributed by atoms with Crippen LogP contribution in [0.3, 0.4) is 0 Å². The zero-order valence-electron chi connectivity index (χ0n) is 24.8. The van der Waals surface area contributed by atoms with Gasteiger partial charge in [-0.05, 0) is 49.1 Å². The number of anilines is 3. The maximum Gasteiger partial charge on any atom is 0.283 e. The summed E-state index contributed by atoms with van der Waals surface area (Å²) in [6.45, 7) is 7.60. The maximum absolute atomic E-state index is 13.7. The number of hydrogen-bond donors (Lipinski definition) is 2. The minimum absolute atomic E-state index is 0.0573. The molecule has 1 saturated carbocycles. The number of benzene rings is 3. The molecule has 1 atom stereocenters. The van der Waals surface area contributed by atoms with Crippen molar-refractivity contribution in [1.29, 1.82) is 0 Å². The monoisotopic (exact) mass is 631 g/mol. The number of aromatic nitrogens is 2. The van der Waals surface area contributed by atoms with Gasteiger partial charge in [0.15, 0.2) is 5.83 Å². The van der Waals surface area contributed by atoms with Gasteiger partial charge in [-0.1, -0.05) is 48.5 Å². The first-order valence-electron chi connectivity index (χ1n) is 15.1. The SMILES string of the molecule is C=C(F)C(=O)Nc1cc2c(Nc3ccc(OC(c4ccccc4)C4CC4)c(Cl)c3)ncnc2cc1OCCCN1CCOCC1. The molecule has 9 nitrogen and oxygen atoms in total. The zero-order chi connectivity index (χ0) is 31.2. The van der Waals surface area contributed by atoms with Crippen molar-refractivity contribution in [1.82, 2.24) is 14.9 Å². The van der Waals surface area contributed by atoms with Gasteiger partial charge in [-0.25, -0.2) is 14.4 Å².